The summed E-state index contributed by atoms with van der Waals surface area (Å²) in [5, 5.41) is 4.34. The summed E-state index contributed by atoms with van der Waals surface area (Å²) in [5.41, 5.74) is 3.31. The van der Waals surface area contributed by atoms with Gasteiger partial charge in [0, 0.05) is 30.9 Å². The first-order valence-electron chi connectivity index (χ1n) is 11.2. The number of imidazole rings is 1. The summed E-state index contributed by atoms with van der Waals surface area (Å²) in [4.78, 5) is 28.1. The molecule has 4 heterocycles. The van der Waals surface area contributed by atoms with Crippen molar-refractivity contribution in [1.82, 2.24) is 29.7 Å². The number of nitrogens with zero attached hydrogens (tertiary/aromatic N) is 5. The van der Waals surface area contributed by atoms with Crippen molar-refractivity contribution in [2.24, 2.45) is 0 Å². The SMILES string of the molecule is CCS(=O)(=O)c1ccc(Oc2cc(Cn3ccc(C(C)=O)n3)c3nc(-c4ccccn4)[nH]c3c2)cn1. The third-order valence-corrected chi connectivity index (χ3v) is 7.16. The Morgan fingerprint density at radius 2 is 1.94 bits per heavy atom. The Morgan fingerprint density at radius 3 is 2.61 bits per heavy atom. The van der Waals surface area contributed by atoms with Gasteiger partial charge in [-0.2, -0.15) is 5.10 Å². The Kier molecular flexibility index (Phi) is 6.06. The molecule has 0 saturated heterocycles. The number of benzene rings is 1. The van der Waals surface area contributed by atoms with E-state index < -0.39 is 9.84 Å². The molecule has 0 atom stereocenters. The molecule has 0 saturated carbocycles. The molecule has 182 valence electrons. The van der Waals surface area contributed by atoms with Gasteiger partial charge >= 0.3 is 0 Å². The summed E-state index contributed by atoms with van der Waals surface area (Å²) in [6.45, 7) is 3.39. The van der Waals surface area contributed by atoms with Crippen LogP contribution >= 0.6 is 0 Å². The fraction of sp³-hybridized carbons (Fsp3) is 0.160. The number of carbonyl (C=O) groups is 1. The van der Waals surface area contributed by atoms with Crippen LogP contribution in [0.2, 0.25) is 0 Å². The van der Waals surface area contributed by atoms with Crippen LogP contribution < -0.4 is 4.74 Å². The van der Waals surface area contributed by atoms with Crippen LogP contribution in [-0.4, -0.2) is 49.7 Å². The number of hydrogen-bond acceptors (Lipinski definition) is 8. The summed E-state index contributed by atoms with van der Waals surface area (Å²) in [7, 11) is -3.41. The van der Waals surface area contributed by atoms with E-state index in [0.29, 0.717) is 40.8 Å². The van der Waals surface area contributed by atoms with E-state index in [9.17, 15) is 13.2 Å². The number of sulfone groups is 1. The van der Waals surface area contributed by atoms with Gasteiger partial charge in [-0.25, -0.2) is 18.4 Å². The van der Waals surface area contributed by atoms with E-state index in [1.54, 1.807) is 42.2 Å². The minimum absolute atomic E-state index is 0.00187. The van der Waals surface area contributed by atoms with Crippen molar-refractivity contribution >= 4 is 26.7 Å². The molecule has 4 aromatic heterocycles. The number of carbonyl (C=O) groups excluding carboxylic acids is 1. The van der Waals surface area contributed by atoms with E-state index in [1.807, 2.05) is 24.3 Å². The van der Waals surface area contributed by atoms with Crippen molar-refractivity contribution in [3.63, 3.8) is 0 Å². The lowest BCUT2D eigenvalue weighted by Crippen LogP contribution is -2.05. The molecular weight excluding hydrogens is 480 g/mol. The lowest BCUT2D eigenvalue weighted by Gasteiger charge is -2.10. The van der Waals surface area contributed by atoms with Crippen molar-refractivity contribution < 1.29 is 17.9 Å². The van der Waals surface area contributed by atoms with Gasteiger partial charge in [-0.15, -0.1) is 0 Å². The highest BCUT2D eigenvalue weighted by Crippen LogP contribution is 2.30. The number of H-pyrrole nitrogens is 1. The number of aromatic amines is 1. The van der Waals surface area contributed by atoms with Crippen LogP contribution in [0.4, 0.5) is 0 Å². The van der Waals surface area contributed by atoms with Crippen LogP contribution in [-0.2, 0) is 16.4 Å². The molecule has 0 aliphatic rings. The van der Waals surface area contributed by atoms with Crippen LogP contribution in [0.25, 0.3) is 22.6 Å². The number of Topliss-reactive ketones (excluding diaryl/α,β-unsaturated/α-hetero) is 1. The van der Waals surface area contributed by atoms with E-state index in [4.69, 9.17) is 9.72 Å². The van der Waals surface area contributed by atoms with E-state index in [2.05, 4.69) is 20.1 Å². The number of rotatable bonds is 8. The Morgan fingerprint density at radius 1 is 1.08 bits per heavy atom. The van der Waals surface area contributed by atoms with E-state index in [1.165, 1.54) is 19.2 Å². The fourth-order valence-corrected chi connectivity index (χ4v) is 4.46. The summed E-state index contributed by atoms with van der Waals surface area (Å²) in [6.07, 6.45) is 4.81. The first-order valence-corrected chi connectivity index (χ1v) is 12.8. The second-order valence-electron chi connectivity index (χ2n) is 8.07. The lowest BCUT2D eigenvalue weighted by molar-refractivity contribution is 0.101. The molecule has 0 fully saturated rings. The number of hydrogen-bond donors (Lipinski definition) is 1. The van der Waals surface area contributed by atoms with Crippen molar-refractivity contribution in [2.45, 2.75) is 25.4 Å². The fourth-order valence-electron chi connectivity index (χ4n) is 3.67. The van der Waals surface area contributed by atoms with Crippen molar-refractivity contribution in [3.05, 3.63) is 78.4 Å². The Hall–Kier alpha value is -4.38. The zero-order chi connectivity index (χ0) is 25.3. The van der Waals surface area contributed by atoms with Crippen LogP contribution in [0, 0.1) is 0 Å². The zero-order valence-corrected chi connectivity index (χ0v) is 20.4. The van der Waals surface area contributed by atoms with E-state index in [0.717, 1.165) is 11.1 Å². The largest absolute Gasteiger partial charge is 0.456 e. The number of pyridine rings is 2. The quantitative estimate of drug-likeness (QED) is 0.314. The highest BCUT2D eigenvalue weighted by Gasteiger charge is 2.16. The van der Waals surface area contributed by atoms with Gasteiger partial charge < -0.3 is 9.72 Å². The first kappa shape index (κ1) is 23.4. The summed E-state index contributed by atoms with van der Waals surface area (Å²) < 4.78 is 31.8. The molecule has 11 heteroatoms. The van der Waals surface area contributed by atoms with Gasteiger partial charge in [-0.3, -0.25) is 14.5 Å². The normalized spacial score (nSPS) is 11.6. The number of fused-ring (bicyclic) bond motifs is 1. The van der Waals surface area contributed by atoms with Crippen molar-refractivity contribution in [1.29, 1.82) is 0 Å². The third kappa shape index (κ3) is 4.73. The molecule has 5 aromatic rings. The minimum atomic E-state index is -3.41. The molecule has 0 unspecified atom stereocenters. The maximum absolute atomic E-state index is 12.0. The Labute approximate surface area is 206 Å². The molecule has 0 aliphatic carbocycles. The molecule has 36 heavy (non-hydrogen) atoms. The molecular formula is C25H22N6O4S. The summed E-state index contributed by atoms with van der Waals surface area (Å²) in [5.74, 6) is 1.34. The van der Waals surface area contributed by atoms with Gasteiger partial charge in [0.15, 0.2) is 26.5 Å². The smallest absolute Gasteiger partial charge is 0.195 e. The molecule has 0 spiro atoms. The first-order chi connectivity index (χ1) is 17.3. The van der Waals surface area contributed by atoms with Gasteiger partial charge in [-0.05, 0) is 36.4 Å². The van der Waals surface area contributed by atoms with Gasteiger partial charge in [0.1, 0.15) is 22.9 Å². The van der Waals surface area contributed by atoms with Crippen molar-refractivity contribution in [2.75, 3.05) is 5.75 Å². The van der Waals surface area contributed by atoms with Gasteiger partial charge in [0.2, 0.25) is 0 Å². The molecule has 0 radical (unpaired) electrons. The molecule has 5 rings (SSSR count). The second kappa shape index (κ2) is 9.34. The van der Waals surface area contributed by atoms with E-state index >= 15 is 0 Å². The van der Waals surface area contributed by atoms with Gasteiger partial charge in [0.05, 0.1) is 29.5 Å². The predicted molar refractivity (Wildman–Crippen MR) is 133 cm³/mol. The van der Waals surface area contributed by atoms with Crippen LogP contribution in [0.3, 0.4) is 0 Å². The number of ether oxygens (including phenoxy) is 1. The summed E-state index contributed by atoms with van der Waals surface area (Å²) in [6, 6.07) is 13.9. The second-order valence-corrected chi connectivity index (χ2v) is 10.3. The molecule has 1 aromatic carbocycles. The average molecular weight is 503 g/mol. The number of ketones is 1. The third-order valence-electron chi connectivity index (χ3n) is 5.52. The van der Waals surface area contributed by atoms with Crippen LogP contribution in [0.5, 0.6) is 11.5 Å². The monoisotopic (exact) mass is 502 g/mol. The van der Waals surface area contributed by atoms with E-state index in [-0.39, 0.29) is 16.6 Å². The maximum atomic E-state index is 12.0. The predicted octanol–water partition coefficient (Wildman–Crippen LogP) is 4.05. The topological polar surface area (TPSA) is 133 Å². The molecule has 0 bridgehead atoms. The Balaban J connectivity index is 1.53. The highest BCUT2D eigenvalue weighted by atomic mass is 32.2. The Bertz CT molecular complexity index is 1660. The van der Waals surface area contributed by atoms with Crippen LogP contribution in [0.1, 0.15) is 29.9 Å². The molecule has 1 N–H and O–H groups in total. The van der Waals surface area contributed by atoms with Gasteiger partial charge in [-0.1, -0.05) is 13.0 Å². The maximum Gasteiger partial charge on any atom is 0.195 e. The van der Waals surface area contributed by atoms with Gasteiger partial charge in [0.25, 0.3) is 0 Å². The molecule has 0 amide bonds. The number of nitrogens with one attached hydrogen (secondary N) is 1. The zero-order valence-electron chi connectivity index (χ0n) is 19.5. The van der Waals surface area contributed by atoms with Crippen LogP contribution in [0.15, 0.2) is 72.1 Å². The summed E-state index contributed by atoms with van der Waals surface area (Å²) >= 11 is 0. The molecule has 0 aliphatic heterocycles. The lowest BCUT2D eigenvalue weighted by atomic mass is 10.1. The highest BCUT2D eigenvalue weighted by molar-refractivity contribution is 7.91. The minimum Gasteiger partial charge on any atom is -0.456 e. The standard InChI is InChI=1S/C25H22N6O4S/c1-3-36(33,34)23-8-7-18(14-27-23)35-19-12-17(15-31-11-9-20(30-31)16(2)32)24-22(13-19)28-25(29-24)21-6-4-5-10-26-21/h4-14H,3,15H2,1-2H3,(H,28,29). The molecule has 10 nitrogen and oxygen atoms in total. The number of aromatic nitrogens is 6. The van der Waals surface area contributed by atoms with Crippen molar-refractivity contribution in [3.8, 4) is 23.0 Å². The average Bonchev–Trinajstić information content (AvgIpc) is 3.53.